The molecule has 2 N–H and O–H groups in total. The van der Waals surface area contributed by atoms with E-state index in [0.29, 0.717) is 9.91 Å². The van der Waals surface area contributed by atoms with E-state index in [1.165, 1.54) is 23.2 Å². The Morgan fingerprint density at radius 1 is 1.14 bits per heavy atom. The number of methoxy groups -OCH3 is 1. The number of rotatable bonds is 8. The molecule has 234 valence electrons. The van der Waals surface area contributed by atoms with Gasteiger partial charge in [-0.05, 0) is 37.5 Å². The van der Waals surface area contributed by atoms with Crippen molar-refractivity contribution in [2.45, 2.75) is 44.3 Å². The maximum atomic E-state index is 14.3. The highest BCUT2D eigenvalue weighted by Gasteiger charge is 2.47. The summed E-state index contributed by atoms with van der Waals surface area (Å²) < 4.78 is 89.3. The van der Waals surface area contributed by atoms with Gasteiger partial charge in [-0.1, -0.05) is 23.5 Å². The number of aromatic nitrogens is 2. The van der Waals surface area contributed by atoms with Gasteiger partial charge < -0.3 is 25.0 Å². The third kappa shape index (κ3) is 7.02. The van der Waals surface area contributed by atoms with Gasteiger partial charge in [-0.2, -0.15) is 26.3 Å². The predicted molar refractivity (Wildman–Crippen MR) is 146 cm³/mol. The van der Waals surface area contributed by atoms with E-state index < -0.39 is 48.8 Å². The average molecular weight is 634 g/mol. The molecule has 2 aromatic heterocycles. The number of anilines is 2. The van der Waals surface area contributed by atoms with Crippen molar-refractivity contribution in [3.8, 4) is 0 Å². The van der Waals surface area contributed by atoms with Crippen LogP contribution in [0.2, 0.25) is 0 Å². The number of carbonyl (C=O) groups excluding carboxylic acids is 2. The van der Waals surface area contributed by atoms with Crippen molar-refractivity contribution in [2.75, 3.05) is 39.2 Å². The Morgan fingerprint density at radius 2 is 1.77 bits per heavy atom. The normalized spacial score (nSPS) is 16.3. The van der Waals surface area contributed by atoms with Gasteiger partial charge in [0.1, 0.15) is 17.0 Å². The van der Waals surface area contributed by atoms with Gasteiger partial charge >= 0.3 is 12.4 Å². The number of aliphatic hydroxyl groups excluding tert-OH is 1. The van der Waals surface area contributed by atoms with Crippen LogP contribution < -0.4 is 5.32 Å². The summed E-state index contributed by atoms with van der Waals surface area (Å²) in [6.07, 6.45) is -10.5. The summed E-state index contributed by atoms with van der Waals surface area (Å²) in [5.41, 5.74) is -0.474. The third-order valence-electron chi connectivity index (χ3n) is 7.25. The third-order valence-corrected chi connectivity index (χ3v) is 8.13. The minimum atomic E-state index is -4.84. The highest BCUT2D eigenvalue weighted by atomic mass is 32.1. The molecule has 1 aliphatic rings. The molecule has 2 atom stereocenters. The number of benzene rings is 1. The van der Waals surface area contributed by atoms with Crippen LogP contribution in [0.15, 0.2) is 30.5 Å². The van der Waals surface area contributed by atoms with Crippen LogP contribution in [0.5, 0.6) is 0 Å². The second-order valence-corrected chi connectivity index (χ2v) is 11.3. The number of amides is 2. The van der Waals surface area contributed by atoms with Crippen LogP contribution >= 0.6 is 11.3 Å². The lowest BCUT2D eigenvalue weighted by molar-refractivity contribution is -0.215. The van der Waals surface area contributed by atoms with Crippen LogP contribution in [0.3, 0.4) is 0 Å². The summed E-state index contributed by atoms with van der Waals surface area (Å²) in [4.78, 5) is 35.4. The number of halogens is 6. The van der Waals surface area contributed by atoms with E-state index in [4.69, 9.17) is 9.84 Å². The highest BCUT2D eigenvalue weighted by Crippen LogP contribution is 2.44. The summed E-state index contributed by atoms with van der Waals surface area (Å²) in [5.74, 6) is -1.99. The number of carbonyl (C=O) groups is 2. The Bertz CT molecular complexity index is 1460. The number of piperidine rings is 1. The molecule has 2 amide bonds. The zero-order valence-corrected chi connectivity index (χ0v) is 24.1. The van der Waals surface area contributed by atoms with Crippen molar-refractivity contribution >= 4 is 44.9 Å². The smallest absolute Gasteiger partial charge is 0.387 e. The molecule has 0 saturated carbocycles. The van der Waals surface area contributed by atoms with E-state index in [9.17, 15) is 35.9 Å². The van der Waals surface area contributed by atoms with Crippen LogP contribution in [0.1, 0.15) is 41.1 Å². The topological polar surface area (TPSA) is 108 Å². The van der Waals surface area contributed by atoms with Gasteiger partial charge in [-0.3, -0.25) is 9.59 Å². The second-order valence-electron chi connectivity index (χ2n) is 10.1. The minimum Gasteiger partial charge on any atom is -0.387 e. The van der Waals surface area contributed by atoms with Crippen LogP contribution in [0.4, 0.5) is 37.7 Å². The predicted octanol–water partition coefficient (Wildman–Crippen LogP) is 5.29. The van der Waals surface area contributed by atoms with Crippen molar-refractivity contribution in [3.05, 3.63) is 46.6 Å². The first-order chi connectivity index (χ1) is 20.1. The number of alkyl halides is 6. The number of aryl methyl sites for hydroxylation is 1. The number of hydrogen-bond donors (Lipinski definition) is 2. The molecule has 1 aromatic carbocycles. The molecule has 0 aliphatic carbocycles. The Kier molecular flexibility index (Phi) is 9.51. The molecule has 1 fully saturated rings. The van der Waals surface area contributed by atoms with Gasteiger partial charge in [0.15, 0.2) is 12.1 Å². The Hall–Kier alpha value is -3.50. The summed E-state index contributed by atoms with van der Waals surface area (Å²) in [5, 5.41) is 12.3. The number of hydrogen-bond acceptors (Lipinski definition) is 8. The van der Waals surface area contributed by atoms with E-state index in [1.807, 2.05) is 0 Å². The first kappa shape index (κ1) is 32.4. The number of nitrogens with one attached hydrogen (secondary N) is 1. The fourth-order valence-corrected chi connectivity index (χ4v) is 5.98. The fraction of sp³-hybridized carbons (Fsp3) is 0.481. The van der Waals surface area contributed by atoms with Gasteiger partial charge in [0.25, 0.3) is 0 Å². The largest absolute Gasteiger partial charge is 0.419 e. The summed E-state index contributed by atoms with van der Waals surface area (Å²) in [6.45, 7) is 1.22. The molecular formula is C27H29F6N5O4S. The molecule has 0 unspecified atom stereocenters. The molecule has 0 spiro atoms. The lowest BCUT2D eigenvalue weighted by atomic mass is 9.93. The molecule has 43 heavy (non-hydrogen) atoms. The summed E-state index contributed by atoms with van der Waals surface area (Å²) >= 11 is 1.11. The van der Waals surface area contributed by atoms with Crippen molar-refractivity contribution in [3.63, 3.8) is 0 Å². The van der Waals surface area contributed by atoms with Crippen LogP contribution in [-0.2, 0) is 14.3 Å². The molecule has 3 heterocycles. The number of nitrogens with zero attached hydrogens (tertiary/aromatic N) is 4. The quantitative estimate of drug-likeness (QED) is 0.325. The number of thiazole rings is 1. The molecule has 3 aromatic rings. The standard InChI is InChI=1S/C27H29F6N5O4S/c1-14-35-21-20(23(42-3)27(31,32)33)18(12-34-24(21)43-14)36-17-6-4-15(5-7-17)22(26(28,29)30)37(2)25(41)16-8-10-38(11-9-16)19(40)13-39/h4-7,12,16,22-23,36,39H,8-11,13H2,1-3H3/t22-,23+/m0/s1. The van der Waals surface area contributed by atoms with E-state index in [0.717, 1.165) is 37.6 Å². The number of pyridine rings is 1. The zero-order chi connectivity index (χ0) is 31.7. The Labute approximate surface area is 246 Å². The molecule has 1 aliphatic heterocycles. The SMILES string of the molecule is CO[C@H](c1c(Nc2ccc([C@H](N(C)C(=O)C3CCN(C(=O)CO)CC3)C(F)(F)F)cc2)cnc2sc(C)nc12)C(F)(F)F. The number of likely N-dealkylation sites (tertiary alicyclic amines) is 1. The highest BCUT2D eigenvalue weighted by molar-refractivity contribution is 7.18. The molecule has 16 heteroatoms. The monoisotopic (exact) mass is 633 g/mol. The van der Waals surface area contributed by atoms with E-state index in [-0.39, 0.29) is 58.8 Å². The summed E-state index contributed by atoms with van der Waals surface area (Å²) in [7, 11) is 1.97. The van der Waals surface area contributed by atoms with E-state index in [2.05, 4.69) is 15.3 Å². The van der Waals surface area contributed by atoms with Crippen molar-refractivity contribution < 1.29 is 45.8 Å². The van der Waals surface area contributed by atoms with Gasteiger partial charge in [-0.25, -0.2) is 9.97 Å². The first-order valence-corrected chi connectivity index (χ1v) is 13.9. The molecule has 0 bridgehead atoms. The Balaban J connectivity index is 1.59. The minimum absolute atomic E-state index is 0.00266. The second kappa shape index (κ2) is 12.6. The Morgan fingerprint density at radius 3 is 2.30 bits per heavy atom. The number of aliphatic hydroxyl groups is 1. The maximum absolute atomic E-state index is 14.3. The molecule has 0 radical (unpaired) electrons. The maximum Gasteiger partial charge on any atom is 0.419 e. The van der Waals surface area contributed by atoms with E-state index >= 15 is 0 Å². The molecule has 9 nitrogen and oxygen atoms in total. The number of ether oxygens (including phenoxy) is 1. The van der Waals surface area contributed by atoms with Gasteiger partial charge in [0.05, 0.1) is 16.9 Å². The van der Waals surface area contributed by atoms with Crippen LogP contribution in [0.25, 0.3) is 10.3 Å². The van der Waals surface area contributed by atoms with E-state index in [1.54, 1.807) is 6.92 Å². The first-order valence-electron chi connectivity index (χ1n) is 13.1. The molecular weight excluding hydrogens is 604 g/mol. The lowest BCUT2D eigenvalue weighted by Gasteiger charge is -2.36. The average Bonchev–Trinajstić information content (AvgIpc) is 3.33. The van der Waals surface area contributed by atoms with Crippen LogP contribution in [-0.4, -0.2) is 82.9 Å². The van der Waals surface area contributed by atoms with Crippen LogP contribution in [0, 0.1) is 12.8 Å². The zero-order valence-electron chi connectivity index (χ0n) is 23.3. The van der Waals surface area contributed by atoms with Gasteiger partial charge in [0.2, 0.25) is 11.8 Å². The lowest BCUT2D eigenvalue weighted by Crippen LogP contribution is -2.47. The fourth-order valence-electron chi connectivity index (χ4n) is 5.21. The van der Waals surface area contributed by atoms with Crippen molar-refractivity contribution in [2.24, 2.45) is 5.92 Å². The van der Waals surface area contributed by atoms with Gasteiger partial charge in [0, 0.05) is 44.4 Å². The summed E-state index contributed by atoms with van der Waals surface area (Å²) in [6, 6.07) is 2.52. The van der Waals surface area contributed by atoms with Crippen molar-refractivity contribution in [1.82, 2.24) is 19.8 Å². The van der Waals surface area contributed by atoms with Gasteiger partial charge in [-0.15, -0.1) is 0 Å². The number of fused-ring (bicyclic) bond motifs is 1. The van der Waals surface area contributed by atoms with Crippen molar-refractivity contribution in [1.29, 1.82) is 0 Å². The molecule has 4 rings (SSSR count). The molecule has 1 saturated heterocycles.